The van der Waals surface area contributed by atoms with Crippen LogP contribution in [0.1, 0.15) is 81.7 Å². The number of anilines is 3. The van der Waals surface area contributed by atoms with Crippen molar-refractivity contribution in [2.45, 2.75) is 59.3 Å². The molecule has 3 heteroatoms. The topological polar surface area (TPSA) is 13.1 Å². The normalized spacial score (nSPS) is 14.3. The van der Waals surface area contributed by atoms with E-state index in [1.54, 1.807) is 0 Å². The van der Waals surface area contributed by atoms with Crippen molar-refractivity contribution in [3.05, 3.63) is 355 Å². The van der Waals surface area contributed by atoms with Gasteiger partial charge in [0.1, 0.15) is 0 Å². The van der Waals surface area contributed by atoms with E-state index in [2.05, 4.69) is 383 Å². The second-order valence-corrected chi connectivity index (χ2v) is 29.5. The fourth-order valence-corrected chi connectivity index (χ4v) is 16.8. The van der Waals surface area contributed by atoms with Crippen LogP contribution in [0.5, 0.6) is 0 Å². The molecule has 0 radical (unpaired) electrons. The molecule has 0 fully saturated rings. The van der Waals surface area contributed by atoms with E-state index in [1.807, 2.05) is 0 Å². The van der Waals surface area contributed by atoms with Crippen molar-refractivity contribution >= 4 is 60.7 Å². The highest BCUT2D eigenvalue weighted by atomic mass is 15.1. The average molecular weight is 1260 g/mol. The molecule has 2 atom stereocenters. The number of fused-ring (bicyclic) bond motifs is 16. The van der Waals surface area contributed by atoms with Crippen LogP contribution < -0.4 is 4.90 Å². The summed E-state index contributed by atoms with van der Waals surface area (Å²) in [6, 6.07) is 123. The summed E-state index contributed by atoms with van der Waals surface area (Å²) in [5.74, 6) is 0.453. The molecule has 3 nitrogen and oxygen atoms in total. The molecule has 0 N–H and O–H groups in total. The van der Waals surface area contributed by atoms with Crippen molar-refractivity contribution < 1.29 is 0 Å². The van der Waals surface area contributed by atoms with Crippen molar-refractivity contribution in [2.75, 3.05) is 4.90 Å². The van der Waals surface area contributed by atoms with Gasteiger partial charge in [-0.05, 0) is 215 Å². The highest BCUT2D eigenvalue weighted by molar-refractivity contribution is 6.12. The highest BCUT2D eigenvalue weighted by Gasteiger charge is 2.52. The molecule has 2 aromatic heterocycles. The Morgan fingerprint density at radius 1 is 0.286 bits per heavy atom. The zero-order chi connectivity index (χ0) is 66.0. The van der Waals surface area contributed by atoms with Crippen molar-refractivity contribution in [2.24, 2.45) is 10.8 Å². The predicted molar refractivity (Wildman–Crippen MR) is 414 cm³/mol. The van der Waals surface area contributed by atoms with E-state index in [1.165, 1.54) is 127 Å². The van der Waals surface area contributed by atoms with Gasteiger partial charge in [0.15, 0.2) is 0 Å². The SMILES string of the molecule is CC(C)(C)CC(c1ccc(-c2ccc3c(c2)C2(c4ccccc4-3)c3ccccc3-c3ccc(-c4cccc(-n5c6ccccc6c6cc(-c7ccc(N(c8ccc(-c9ccccc9)cc8)c8ccc9c%10ccccc%10n(-c%10ccccc%10)c9c8)cc7)ccc65)c4)cc32)cc1)C(C)(C)C. The molecule has 98 heavy (non-hydrogen) atoms. The van der Waals surface area contributed by atoms with E-state index < -0.39 is 5.41 Å². The first-order valence-corrected chi connectivity index (χ1v) is 34.7. The minimum atomic E-state index is -0.508. The molecule has 0 bridgehead atoms. The Bertz CT molecular complexity index is 5760. The van der Waals surface area contributed by atoms with E-state index >= 15 is 0 Å². The minimum Gasteiger partial charge on any atom is -0.310 e. The Balaban J connectivity index is 0.708. The first kappa shape index (κ1) is 59.0. The monoisotopic (exact) mass is 1260 g/mol. The lowest BCUT2D eigenvalue weighted by molar-refractivity contribution is 0.229. The zero-order valence-corrected chi connectivity index (χ0v) is 56.3. The molecule has 2 heterocycles. The fourth-order valence-electron chi connectivity index (χ4n) is 16.8. The standard InChI is InChI=1S/C95H75N3/c1-93(2,3)61-88(94(4,5)6)66-38-36-64(37-39-66)69-44-52-78-76-28-13-17-32-84(76)95(86(78)58-69)85-33-18-14-29-77(85)79-53-45-70(59-87(79)95)67-24-21-27-74(56-67)98-90-35-20-16-31-81(90)83-57-68(46-55-91(83)98)65-42-49-73(50-43-65)96(72-47-40-63(41-48-72)62-22-9-7-10-23-62)75-51-54-82-80-30-15-19-34-89(80)97(92(82)60-75)71-25-11-8-12-26-71/h7-60,88H,61H2,1-6H3. The maximum absolute atomic E-state index is 2.53. The summed E-state index contributed by atoms with van der Waals surface area (Å²) >= 11 is 0. The van der Waals surface area contributed by atoms with Gasteiger partial charge in [0.05, 0.1) is 27.5 Å². The van der Waals surface area contributed by atoms with E-state index in [9.17, 15) is 0 Å². The van der Waals surface area contributed by atoms with Gasteiger partial charge in [-0.1, -0.05) is 272 Å². The molecule has 16 aromatic rings. The molecule has 470 valence electrons. The number of hydrogen-bond acceptors (Lipinski definition) is 1. The van der Waals surface area contributed by atoms with E-state index in [0.29, 0.717) is 5.92 Å². The summed E-state index contributed by atoms with van der Waals surface area (Å²) in [5.41, 5.74) is 31.7. The summed E-state index contributed by atoms with van der Waals surface area (Å²) in [4.78, 5) is 2.40. The third kappa shape index (κ3) is 9.61. The summed E-state index contributed by atoms with van der Waals surface area (Å²) in [5, 5.41) is 4.90. The van der Waals surface area contributed by atoms with Gasteiger partial charge in [-0.3, -0.25) is 0 Å². The van der Waals surface area contributed by atoms with E-state index in [4.69, 9.17) is 0 Å². The average Bonchev–Trinajstić information content (AvgIpc) is 1.51. The van der Waals surface area contributed by atoms with Gasteiger partial charge in [0.2, 0.25) is 0 Å². The fraction of sp³-hybridized carbons (Fsp3) is 0.116. The van der Waals surface area contributed by atoms with Crippen LogP contribution in [0.2, 0.25) is 0 Å². The Morgan fingerprint density at radius 3 is 1.30 bits per heavy atom. The van der Waals surface area contributed by atoms with Gasteiger partial charge in [0.25, 0.3) is 0 Å². The minimum absolute atomic E-state index is 0.147. The smallest absolute Gasteiger partial charge is 0.0725 e. The van der Waals surface area contributed by atoms with Crippen molar-refractivity contribution in [1.29, 1.82) is 0 Å². The molecule has 0 aliphatic heterocycles. The van der Waals surface area contributed by atoms with Crippen molar-refractivity contribution in [1.82, 2.24) is 9.13 Å². The lowest BCUT2D eigenvalue weighted by atomic mass is 9.69. The number of hydrogen-bond donors (Lipinski definition) is 0. The van der Waals surface area contributed by atoms with Crippen LogP contribution in [0.25, 0.3) is 122 Å². The number of para-hydroxylation sites is 3. The largest absolute Gasteiger partial charge is 0.310 e. The lowest BCUT2D eigenvalue weighted by Crippen LogP contribution is -2.26. The van der Waals surface area contributed by atoms with Crippen molar-refractivity contribution in [3.8, 4) is 78.1 Å². The molecule has 2 unspecified atom stereocenters. The predicted octanol–water partition coefficient (Wildman–Crippen LogP) is 25.9. The Kier molecular flexibility index (Phi) is 13.7. The third-order valence-electron chi connectivity index (χ3n) is 21.3. The Morgan fingerprint density at radius 2 is 0.694 bits per heavy atom. The Labute approximate surface area is 574 Å². The van der Waals surface area contributed by atoms with Gasteiger partial charge < -0.3 is 14.0 Å². The van der Waals surface area contributed by atoms with Gasteiger partial charge in [-0.15, -0.1) is 0 Å². The number of aromatic nitrogens is 2. The van der Waals surface area contributed by atoms with Gasteiger partial charge in [-0.2, -0.15) is 0 Å². The maximum Gasteiger partial charge on any atom is 0.0725 e. The molecule has 18 rings (SSSR count). The van der Waals surface area contributed by atoms with Crippen LogP contribution in [0.3, 0.4) is 0 Å². The number of nitrogens with zero attached hydrogens (tertiary/aromatic N) is 3. The molecule has 2 aliphatic carbocycles. The van der Waals surface area contributed by atoms with Crippen LogP contribution in [0, 0.1) is 10.8 Å². The van der Waals surface area contributed by atoms with Gasteiger partial charge >= 0.3 is 0 Å². The second-order valence-electron chi connectivity index (χ2n) is 29.5. The maximum atomic E-state index is 2.53. The summed E-state index contributed by atoms with van der Waals surface area (Å²) < 4.78 is 4.87. The molecule has 0 saturated heterocycles. The van der Waals surface area contributed by atoms with Crippen LogP contribution in [-0.4, -0.2) is 9.13 Å². The molecule has 14 aromatic carbocycles. The summed E-state index contributed by atoms with van der Waals surface area (Å²) in [6.07, 6.45) is 1.14. The Hall–Kier alpha value is -11.5. The van der Waals surface area contributed by atoms with Crippen LogP contribution in [0.15, 0.2) is 328 Å². The molecule has 1 spiro atoms. The highest BCUT2D eigenvalue weighted by Crippen LogP contribution is 2.64. The van der Waals surface area contributed by atoms with Crippen LogP contribution in [0.4, 0.5) is 17.1 Å². The van der Waals surface area contributed by atoms with E-state index in [-0.39, 0.29) is 10.8 Å². The van der Waals surface area contributed by atoms with Crippen LogP contribution >= 0.6 is 0 Å². The van der Waals surface area contributed by atoms with E-state index in [0.717, 1.165) is 45.9 Å². The third-order valence-corrected chi connectivity index (χ3v) is 21.3. The number of rotatable bonds is 11. The molecule has 0 saturated carbocycles. The van der Waals surface area contributed by atoms with Gasteiger partial charge in [0, 0.05) is 50.0 Å². The zero-order valence-electron chi connectivity index (χ0n) is 56.3. The lowest BCUT2D eigenvalue weighted by Gasteiger charge is -2.36. The summed E-state index contributed by atoms with van der Waals surface area (Å²) in [7, 11) is 0. The van der Waals surface area contributed by atoms with Crippen molar-refractivity contribution in [3.63, 3.8) is 0 Å². The number of benzene rings is 14. The first-order valence-electron chi connectivity index (χ1n) is 34.7. The van der Waals surface area contributed by atoms with Gasteiger partial charge in [-0.25, -0.2) is 0 Å². The molecular weight excluding hydrogens is 1180 g/mol. The molecule has 2 aliphatic rings. The quantitative estimate of drug-likeness (QED) is 0.126. The molecular formula is C95H75N3. The summed E-state index contributed by atoms with van der Waals surface area (Å²) in [6.45, 7) is 14.3. The van der Waals surface area contributed by atoms with Crippen LogP contribution in [-0.2, 0) is 5.41 Å². The molecule has 0 amide bonds. The first-order chi connectivity index (χ1) is 47.8. The second kappa shape index (κ2) is 22.8.